The van der Waals surface area contributed by atoms with Gasteiger partial charge >= 0.3 is 0 Å². The number of ether oxygens (including phenoxy) is 1. The van der Waals surface area contributed by atoms with Crippen LogP contribution in [0.2, 0.25) is 0 Å². The highest BCUT2D eigenvalue weighted by Gasteiger charge is 2.18. The standard InChI is InChI=1S/C18H20N4O2S/c1-12(25-18-21-20-11-22(18)2)17(23)19-10-15-14-7-5-4-6-13(14)8-9-16(15)24-3/h4-9,11-12H,10H2,1-3H3,(H,19,23). The number of methoxy groups -OCH3 is 1. The third-order valence-corrected chi connectivity index (χ3v) is 5.13. The Balaban J connectivity index is 1.73. The first kappa shape index (κ1) is 17.3. The Bertz CT molecular complexity index is 894. The predicted molar refractivity (Wildman–Crippen MR) is 98.7 cm³/mol. The number of nitrogens with zero attached hydrogens (tertiary/aromatic N) is 3. The van der Waals surface area contributed by atoms with Crippen molar-refractivity contribution < 1.29 is 9.53 Å². The second-order valence-electron chi connectivity index (χ2n) is 5.67. The molecule has 7 heteroatoms. The third kappa shape index (κ3) is 3.76. The van der Waals surface area contributed by atoms with E-state index in [1.54, 1.807) is 18.0 Å². The Morgan fingerprint density at radius 2 is 2.12 bits per heavy atom. The summed E-state index contributed by atoms with van der Waals surface area (Å²) in [6.45, 7) is 2.27. The molecule has 0 aliphatic carbocycles. The van der Waals surface area contributed by atoms with Gasteiger partial charge in [0.15, 0.2) is 5.16 Å². The Hall–Kier alpha value is -2.54. The first-order valence-corrected chi connectivity index (χ1v) is 8.81. The van der Waals surface area contributed by atoms with Crippen LogP contribution >= 0.6 is 11.8 Å². The minimum atomic E-state index is -0.274. The second kappa shape index (κ2) is 7.57. The number of amides is 1. The van der Waals surface area contributed by atoms with Crippen LogP contribution in [-0.2, 0) is 18.4 Å². The number of benzene rings is 2. The number of carbonyl (C=O) groups is 1. The number of thioether (sulfide) groups is 1. The SMILES string of the molecule is COc1ccc2ccccc2c1CNC(=O)C(C)Sc1nncn1C. The molecule has 3 aromatic rings. The second-order valence-corrected chi connectivity index (χ2v) is 6.98. The summed E-state index contributed by atoms with van der Waals surface area (Å²) < 4.78 is 7.26. The fourth-order valence-electron chi connectivity index (χ4n) is 2.60. The lowest BCUT2D eigenvalue weighted by molar-refractivity contribution is -0.120. The van der Waals surface area contributed by atoms with E-state index < -0.39 is 0 Å². The molecular weight excluding hydrogens is 336 g/mol. The van der Waals surface area contributed by atoms with Gasteiger partial charge < -0.3 is 14.6 Å². The number of aromatic nitrogens is 3. The first-order valence-electron chi connectivity index (χ1n) is 7.93. The van der Waals surface area contributed by atoms with Crippen molar-refractivity contribution in [1.82, 2.24) is 20.1 Å². The molecule has 0 saturated heterocycles. The molecule has 1 aromatic heterocycles. The van der Waals surface area contributed by atoms with Gasteiger partial charge in [0.1, 0.15) is 12.1 Å². The molecule has 1 N–H and O–H groups in total. The summed E-state index contributed by atoms with van der Waals surface area (Å²) >= 11 is 1.38. The van der Waals surface area contributed by atoms with Crippen LogP contribution in [0, 0.1) is 0 Å². The largest absolute Gasteiger partial charge is 0.496 e. The highest BCUT2D eigenvalue weighted by Crippen LogP contribution is 2.28. The summed E-state index contributed by atoms with van der Waals surface area (Å²) in [6, 6.07) is 12.0. The Morgan fingerprint density at radius 3 is 2.84 bits per heavy atom. The van der Waals surface area contributed by atoms with Crippen molar-refractivity contribution in [2.24, 2.45) is 7.05 Å². The number of hydrogen-bond acceptors (Lipinski definition) is 5. The van der Waals surface area contributed by atoms with E-state index in [0.717, 1.165) is 22.1 Å². The van der Waals surface area contributed by atoms with Gasteiger partial charge in [0.25, 0.3) is 0 Å². The van der Waals surface area contributed by atoms with Crippen LogP contribution in [0.25, 0.3) is 10.8 Å². The highest BCUT2D eigenvalue weighted by molar-refractivity contribution is 8.00. The van der Waals surface area contributed by atoms with Gasteiger partial charge in [-0.25, -0.2) is 0 Å². The van der Waals surface area contributed by atoms with Crippen LogP contribution in [0.5, 0.6) is 5.75 Å². The molecule has 1 heterocycles. The van der Waals surface area contributed by atoms with Crippen LogP contribution in [-0.4, -0.2) is 33.0 Å². The summed E-state index contributed by atoms with van der Waals surface area (Å²) in [5.74, 6) is 0.718. The Kier molecular flexibility index (Phi) is 5.23. The topological polar surface area (TPSA) is 69.0 Å². The van der Waals surface area contributed by atoms with Gasteiger partial charge in [0.05, 0.1) is 12.4 Å². The number of carbonyl (C=O) groups excluding carboxylic acids is 1. The molecule has 1 atom stereocenters. The molecule has 2 aromatic carbocycles. The molecule has 0 bridgehead atoms. The lowest BCUT2D eigenvalue weighted by atomic mass is 10.0. The van der Waals surface area contributed by atoms with Crippen molar-refractivity contribution in [2.75, 3.05) is 7.11 Å². The smallest absolute Gasteiger partial charge is 0.233 e. The van der Waals surface area contributed by atoms with Gasteiger partial charge in [0, 0.05) is 19.2 Å². The normalized spacial score (nSPS) is 12.1. The maximum Gasteiger partial charge on any atom is 0.233 e. The maximum atomic E-state index is 12.5. The number of nitrogens with one attached hydrogen (secondary N) is 1. The van der Waals surface area contributed by atoms with E-state index in [-0.39, 0.29) is 11.2 Å². The number of aryl methyl sites for hydroxylation is 1. The van der Waals surface area contributed by atoms with Gasteiger partial charge in [-0.1, -0.05) is 42.1 Å². The fourth-order valence-corrected chi connectivity index (χ4v) is 3.41. The van der Waals surface area contributed by atoms with E-state index >= 15 is 0 Å². The highest BCUT2D eigenvalue weighted by atomic mass is 32.2. The maximum absolute atomic E-state index is 12.5. The van der Waals surface area contributed by atoms with Crippen LogP contribution < -0.4 is 10.1 Å². The van der Waals surface area contributed by atoms with Crippen molar-refractivity contribution in [3.05, 3.63) is 48.3 Å². The van der Waals surface area contributed by atoms with E-state index in [0.29, 0.717) is 11.7 Å². The molecule has 1 amide bonds. The van der Waals surface area contributed by atoms with Crippen molar-refractivity contribution in [3.8, 4) is 5.75 Å². The average molecular weight is 356 g/mol. The van der Waals surface area contributed by atoms with E-state index in [9.17, 15) is 4.79 Å². The molecule has 130 valence electrons. The monoisotopic (exact) mass is 356 g/mol. The van der Waals surface area contributed by atoms with Crippen LogP contribution in [0.1, 0.15) is 12.5 Å². The van der Waals surface area contributed by atoms with Gasteiger partial charge in [0.2, 0.25) is 5.91 Å². The van der Waals surface area contributed by atoms with Gasteiger partial charge in [-0.15, -0.1) is 10.2 Å². The summed E-state index contributed by atoms with van der Waals surface area (Å²) in [5, 5.41) is 13.5. The minimum absolute atomic E-state index is 0.0528. The zero-order valence-electron chi connectivity index (χ0n) is 14.4. The van der Waals surface area contributed by atoms with Crippen molar-refractivity contribution in [1.29, 1.82) is 0 Å². The molecule has 6 nitrogen and oxygen atoms in total. The summed E-state index contributed by atoms with van der Waals surface area (Å²) in [4.78, 5) is 12.5. The molecule has 3 rings (SSSR count). The van der Waals surface area contributed by atoms with E-state index in [1.165, 1.54) is 11.8 Å². The lowest BCUT2D eigenvalue weighted by Gasteiger charge is -2.15. The Morgan fingerprint density at radius 1 is 1.32 bits per heavy atom. The molecule has 0 radical (unpaired) electrons. The summed E-state index contributed by atoms with van der Waals surface area (Å²) in [6.07, 6.45) is 1.62. The predicted octanol–water partition coefficient (Wildman–Crippen LogP) is 2.77. The molecule has 1 unspecified atom stereocenters. The van der Waals surface area contributed by atoms with E-state index in [2.05, 4.69) is 15.5 Å². The first-order chi connectivity index (χ1) is 12.1. The zero-order valence-corrected chi connectivity index (χ0v) is 15.2. The van der Waals surface area contributed by atoms with Crippen LogP contribution in [0.15, 0.2) is 47.9 Å². The molecule has 25 heavy (non-hydrogen) atoms. The molecule has 0 aliphatic heterocycles. The number of hydrogen-bond donors (Lipinski definition) is 1. The molecular formula is C18H20N4O2S. The molecule has 0 aliphatic rings. The van der Waals surface area contributed by atoms with E-state index in [1.807, 2.05) is 50.4 Å². The van der Waals surface area contributed by atoms with Crippen LogP contribution in [0.4, 0.5) is 0 Å². The van der Waals surface area contributed by atoms with E-state index in [4.69, 9.17) is 4.74 Å². The summed E-state index contributed by atoms with van der Waals surface area (Å²) in [5.41, 5.74) is 0.977. The van der Waals surface area contributed by atoms with Crippen LogP contribution in [0.3, 0.4) is 0 Å². The van der Waals surface area contributed by atoms with Crippen molar-refractivity contribution in [2.45, 2.75) is 23.9 Å². The van der Waals surface area contributed by atoms with Crippen molar-refractivity contribution in [3.63, 3.8) is 0 Å². The number of rotatable bonds is 6. The molecule has 0 saturated carbocycles. The molecule has 0 spiro atoms. The quantitative estimate of drug-likeness (QED) is 0.688. The van der Waals surface area contributed by atoms with Gasteiger partial charge in [-0.3, -0.25) is 4.79 Å². The van der Waals surface area contributed by atoms with Crippen molar-refractivity contribution >= 4 is 28.4 Å². The zero-order chi connectivity index (χ0) is 17.8. The number of fused-ring (bicyclic) bond motifs is 1. The Labute approximate surface area is 150 Å². The fraction of sp³-hybridized carbons (Fsp3) is 0.278. The van der Waals surface area contributed by atoms with Gasteiger partial charge in [-0.2, -0.15) is 0 Å². The lowest BCUT2D eigenvalue weighted by Crippen LogP contribution is -2.30. The molecule has 0 fully saturated rings. The average Bonchev–Trinajstić information content (AvgIpc) is 3.03. The summed E-state index contributed by atoms with van der Waals surface area (Å²) in [7, 11) is 3.50. The minimum Gasteiger partial charge on any atom is -0.496 e. The third-order valence-electron chi connectivity index (χ3n) is 3.98. The van der Waals surface area contributed by atoms with Gasteiger partial charge in [-0.05, 0) is 23.8 Å².